The van der Waals surface area contributed by atoms with Gasteiger partial charge in [-0.2, -0.15) is 0 Å². The second-order valence-corrected chi connectivity index (χ2v) is 5.34. The van der Waals surface area contributed by atoms with Gasteiger partial charge in [-0.3, -0.25) is 4.79 Å². The van der Waals surface area contributed by atoms with Crippen molar-refractivity contribution in [3.8, 4) is 5.75 Å². The van der Waals surface area contributed by atoms with Gasteiger partial charge >= 0.3 is 0 Å². The minimum atomic E-state index is -0.432. The van der Waals surface area contributed by atoms with Gasteiger partial charge in [0, 0.05) is 24.7 Å². The van der Waals surface area contributed by atoms with Gasteiger partial charge in [-0.05, 0) is 39.8 Å². The van der Waals surface area contributed by atoms with E-state index in [4.69, 9.17) is 4.74 Å². The van der Waals surface area contributed by atoms with E-state index in [9.17, 15) is 4.79 Å². The SMILES string of the molecule is CNC(C)c1ccccc1OC(C)C(=O)N1CCCC1. The molecule has 1 aromatic rings. The van der Waals surface area contributed by atoms with Gasteiger partial charge in [-0.25, -0.2) is 0 Å². The number of para-hydroxylation sites is 1. The molecule has 1 saturated heterocycles. The van der Waals surface area contributed by atoms with Crippen molar-refractivity contribution in [3.05, 3.63) is 29.8 Å². The number of hydrogen-bond donors (Lipinski definition) is 1. The number of amides is 1. The molecule has 20 heavy (non-hydrogen) atoms. The molecule has 1 aliphatic heterocycles. The molecule has 0 radical (unpaired) electrons. The summed E-state index contributed by atoms with van der Waals surface area (Å²) in [5.74, 6) is 0.879. The van der Waals surface area contributed by atoms with Crippen LogP contribution in [0, 0.1) is 0 Å². The first kappa shape index (κ1) is 14.9. The Kier molecular flexibility index (Phi) is 5.01. The van der Waals surface area contributed by atoms with E-state index in [1.54, 1.807) is 0 Å². The van der Waals surface area contributed by atoms with Crippen molar-refractivity contribution in [1.82, 2.24) is 10.2 Å². The Morgan fingerprint density at radius 2 is 1.90 bits per heavy atom. The molecule has 1 N–H and O–H groups in total. The van der Waals surface area contributed by atoms with Gasteiger partial charge in [0.05, 0.1) is 0 Å². The highest BCUT2D eigenvalue weighted by Gasteiger charge is 2.25. The van der Waals surface area contributed by atoms with Crippen molar-refractivity contribution >= 4 is 5.91 Å². The van der Waals surface area contributed by atoms with Crippen molar-refractivity contribution in [2.24, 2.45) is 0 Å². The molecule has 1 aromatic carbocycles. The highest BCUT2D eigenvalue weighted by molar-refractivity contribution is 5.81. The third-order valence-corrected chi connectivity index (χ3v) is 3.89. The standard InChI is InChI=1S/C16H24N2O2/c1-12(17-3)14-8-4-5-9-15(14)20-13(2)16(19)18-10-6-7-11-18/h4-5,8-9,12-13,17H,6-7,10-11H2,1-3H3. The number of hydrogen-bond acceptors (Lipinski definition) is 3. The van der Waals surface area contributed by atoms with E-state index in [1.165, 1.54) is 0 Å². The molecule has 110 valence electrons. The van der Waals surface area contributed by atoms with Gasteiger partial charge < -0.3 is 15.0 Å². The lowest BCUT2D eigenvalue weighted by molar-refractivity contribution is -0.136. The summed E-state index contributed by atoms with van der Waals surface area (Å²) in [6.45, 7) is 5.64. The number of ether oxygens (including phenoxy) is 1. The molecule has 0 aliphatic carbocycles. The van der Waals surface area contributed by atoms with Gasteiger partial charge in [0.25, 0.3) is 5.91 Å². The summed E-state index contributed by atoms with van der Waals surface area (Å²) in [5.41, 5.74) is 1.08. The quantitative estimate of drug-likeness (QED) is 0.897. The van der Waals surface area contributed by atoms with Crippen LogP contribution in [0.1, 0.15) is 38.3 Å². The number of carbonyl (C=O) groups excluding carboxylic acids is 1. The smallest absolute Gasteiger partial charge is 0.263 e. The van der Waals surface area contributed by atoms with Crippen molar-refractivity contribution in [1.29, 1.82) is 0 Å². The lowest BCUT2D eigenvalue weighted by Gasteiger charge is -2.23. The molecule has 0 spiro atoms. The molecule has 0 aromatic heterocycles. The lowest BCUT2D eigenvalue weighted by atomic mass is 10.1. The largest absolute Gasteiger partial charge is 0.481 e. The van der Waals surface area contributed by atoms with E-state index in [1.807, 2.05) is 43.1 Å². The number of rotatable bonds is 5. The van der Waals surface area contributed by atoms with E-state index in [0.29, 0.717) is 0 Å². The second-order valence-electron chi connectivity index (χ2n) is 5.34. The van der Waals surface area contributed by atoms with Crippen LogP contribution in [0.3, 0.4) is 0 Å². The monoisotopic (exact) mass is 276 g/mol. The summed E-state index contributed by atoms with van der Waals surface area (Å²) in [4.78, 5) is 14.2. The van der Waals surface area contributed by atoms with E-state index in [2.05, 4.69) is 12.2 Å². The number of carbonyl (C=O) groups is 1. The number of benzene rings is 1. The maximum Gasteiger partial charge on any atom is 0.263 e. The Bertz CT molecular complexity index is 456. The van der Waals surface area contributed by atoms with Crippen LogP contribution in [0.5, 0.6) is 5.75 Å². The normalized spacial score (nSPS) is 17.9. The summed E-state index contributed by atoms with van der Waals surface area (Å²) < 4.78 is 5.91. The Balaban J connectivity index is 2.07. The van der Waals surface area contributed by atoms with Crippen LogP contribution in [0.2, 0.25) is 0 Å². The van der Waals surface area contributed by atoms with Crippen LogP contribution in [-0.2, 0) is 4.79 Å². The third-order valence-electron chi connectivity index (χ3n) is 3.89. The molecule has 0 saturated carbocycles. The zero-order valence-corrected chi connectivity index (χ0v) is 12.6. The van der Waals surface area contributed by atoms with E-state index >= 15 is 0 Å². The van der Waals surface area contributed by atoms with Crippen molar-refractivity contribution < 1.29 is 9.53 Å². The maximum atomic E-state index is 12.3. The Hall–Kier alpha value is -1.55. The average Bonchev–Trinajstić information content (AvgIpc) is 3.00. The Labute approximate surface area is 121 Å². The molecule has 2 atom stereocenters. The van der Waals surface area contributed by atoms with Gasteiger partial charge in [-0.15, -0.1) is 0 Å². The molecule has 4 nitrogen and oxygen atoms in total. The van der Waals surface area contributed by atoms with Crippen LogP contribution >= 0.6 is 0 Å². The summed E-state index contributed by atoms with van der Waals surface area (Å²) in [5, 5.41) is 3.20. The first-order valence-corrected chi connectivity index (χ1v) is 7.35. The van der Waals surface area contributed by atoms with Crippen LogP contribution < -0.4 is 10.1 Å². The number of likely N-dealkylation sites (tertiary alicyclic amines) is 1. The minimum absolute atomic E-state index is 0.0920. The molecule has 2 rings (SSSR count). The fourth-order valence-corrected chi connectivity index (χ4v) is 2.54. The molecular formula is C16H24N2O2. The summed E-state index contributed by atoms with van der Waals surface area (Å²) in [6.07, 6.45) is 1.77. The lowest BCUT2D eigenvalue weighted by Crippen LogP contribution is -2.38. The first-order valence-electron chi connectivity index (χ1n) is 7.35. The van der Waals surface area contributed by atoms with Crippen molar-refractivity contribution in [2.45, 2.75) is 38.8 Å². The zero-order chi connectivity index (χ0) is 14.5. The minimum Gasteiger partial charge on any atom is -0.481 e. The number of nitrogens with zero attached hydrogens (tertiary/aromatic N) is 1. The highest BCUT2D eigenvalue weighted by Crippen LogP contribution is 2.26. The van der Waals surface area contributed by atoms with Crippen LogP contribution in [0.15, 0.2) is 24.3 Å². The van der Waals surface area contributed by atoms with Crippen LogP contribution in [-0.4, -0.2) is 37.0 Å². The summed E-state index contributed by atoms with van der Waals surface area (Å²) in [7, 11) is 1.92. The summed E-state index contributed by atoms with van der Waals surface area (Å²) in [6, 6.07) is 8.08. The molecule has 1 aliphatic rings. The molecule has 4 heteroatoms. The fourth-order valence-electron chi connectivity index (χ4n) is 2.54. The average molecular weight is 276 g/mol. The van der Waals surface area contributed by atoms with E-state index in [0.717, 1.165) is 37.2 Å². The summed E-state index contributed by atoms with van der Waals surface area (Å²) >= 11 is 0. The van der Waals surface area contributed by atoms with Crippen molar-refractivity contribution in [3.63, 3.8) is 0 Å². The van der Waals surface area contributed by atoms with Gasteiger partial charge in [-0.1, -0.05) is 18.2 Å². The van der Waals surface area contributed by atoms with Crippen LogP contribution in [0.25, 0.3) is 0 Å². The first-order chi connectivity index (χ1) is 9.63. The second kappa shape index (κ2) is 6.75. The third kappa shape index (κ3) is 3.31. The molecular weight excluding hydrogens is 252 g/mol. The van der Waals surface area contributed by atoms with E-state index in [-0.39, 0.29) is 11.9 Å². The molecule has 1 heterocycles. The maximum absolute atomic E-state index is 12.3. The van der Waals surface area contributed by atoms with Crippen molar-refractivity contribution in [2.75, 3.05) is 20.1 Å². The Morgan fingerprint density at radius 1 is 1.25 bits per heavy atom. The molecule has 2 unspecified atom stereocenters. The molecule has 1 fully saturated rings. The van der Waals surface area contributed by atoms with Gasteiger partial charge in [0.15, 0.2) is 6.10 Å². The van der Waals surface area contributed by atoms with E-state index < -0.39 is 6.10 Å². The predicted octanol–water partition coefficient (Wildman–Crippen LogP) is 2.36. The van der Waals surface area contributed by atoms with Gasteiger partial charge in [0.2, 0.25) is 0 Å². The molecule has 0 bridgehead atoms. The Morgan fingerprint density at radius 3 is 2.55 bits per heavy atom. The highest BCUT2D eigenvalue weighted by atomic mass is 16.5. The van der Waals surface area contributed by atoms with Gasteiger partial charge in [0.1, 0.15) is 5.75 Å². The number of nitrogens with one attached hydrogen (secondary N) is 1. The topological polar surface area (TPSA) is 41.6 Å². The molecule has 1 amide bonds. The fraction of sp³-hybridized carbons (Fsp3) is 0.562. The zero-order valence-electron chi connectivity index (χ0n) is 12.6. The van der Waals surface area contributed by atoms with Crippen LogP contribution in [0.4, 0.5) is 0 Å². The predicted molar refractivity (Wildman–Crippen MR) is 79.8 cm³/mol.